The van der Waals surface area contributed by atoms with Crippen molar-refractivity contribution in [3.63, 3.8) is 0 Å². The van der Waals surface area contributed by atoms with Gasteiger partial charge in [-0.15, -0.1) is 0 Å². The Bertz CT molecular complexity index is 402. The summed E-state index contributed by atoms with van der Waals surface area (Å²) in [5.41, 5.74) is 3.99. The molecule has 0 aromatic carbocycles. The first-order valence-corrected chi connectivity index (χ1v) is 7.83. The van der Waals surface area contributed by atoms with Crippen molar-refractivity contribution in [2.24, 2.45) is 5.84 Å². The van der Waals surface area contributed by atoms with Crippen LogP contribution in [0.2, 0.25) is 0 Å². The summed E-state index contributed by atoms with van der Waals surface area (Å²) in [6.07, 6.45) is 7.86. The Morgan fingerprint density at radius 2 is 2.20 bits per heavy atom. The molecule has 3 unspecified atom stereocenters. The molecule has 5 nitrogen and oxygen atoms in total. The molecule has 20 heavy (non-hydrogen) atoms. The normalized spacial score (nSPS) is 24.4. The van der Waals surface area contributed by atoms with Crippen LogP contribution in [0.25, 0.3) is 0 Å². The lowest BCUT2D eigenvalue weighted by molar-refractivity contribution is 0.0318. The van der Waals surface area contributed by atoms with Crippen molar-refractivity contribution in [2.75, 3.05) is 0 Å². The van der Waals surface area contributed by atoms with Gasteiger partial charge in [-0.2, -0.15) is 5.10 Å². The Kier molecular flexibility index (Phi) is 5.57. The van der Waals surface area contributed by atoms with Crippen LogP contribution in [0, 0.1) is 0 Å². The van der Waals surface area contributed by atoms with Gasteiger partial charge in [-0.05, 0) is 38.7 Å². The van der Waals surface area contributed by atoms with E-state index >= 15 is 0 Å². The van der Waals surface area contributed by atoms with Crippen LogP contribution in [-0.2, 0) is 11.2 Å². The number of aromatic nitrogens is 2. The van der Waals surface area contributed by atoms with E-state index in [0.717, 1.165) is 37.8 Å². The minimum atomic E-state index is 0.144. The molecule has 114 valence electrons. The third kappa shape index (κ3) is 3.59. The average Bonchev–Trinajstić information content (AvgIpc) is 3.07. The van der Waals surface area contributed by atoms with E-state index in [9.17, 15) is 0 Å². The van der Waals surface area contributed by atoms with Crippen molar-refractivity contribution in [1.82, 2.24) is 15.2 Å². The molecule has 3 N–H and O–H groups in total. The maximum atomic E-state index is 5.91. The van der Waals surface area contributed by atoms with Gasteiger partial charge >= 0.3 is 0 Å². The van der Waals surface area contributed by atoms with Crippen molar-refractivity contribution in [1.29, 1.82) is 0 Å². The first-order valence-electron chi connectivity index (χ1n) is 7.83. The van der Waals surface area contributed by atoms with Crippen LogP contribution in [0.15, 0.2) is 12.3 Å². The molecule has 3 atom stereocenters. The van der Waals surface area contributed by atoms with Gasteiger partial charge in [0.1, 0.15) is 0 Å². The minimum Gasteiger partial charge on any atom is -0.374 e. The van der Waals surface area contributed by atoms with Crippen LogP contribution in [0.3, 0.4) is 0 Å². The van der Waals surface area contributed by atoms with E-state index in [1.165, 1.54) is 0 Å². The summed E-state index contributed by atoms with van der Waals surface area (Å²) in [5, 5.41) is 4.70. The smallest absolute Gasteiger partial charge is 0.0749 e. The minimum absolute atomic E-state index is 0.144. The molecule has 1 aliphatic rings. The molecule has 1 saturated heterocycles. The molecular formula is C15H28N4O. The molecule has 1 aromatic rings. The third-order valence-electron chi connectivity index (χ3n) is 4.34. The van der Waals surface area contributed by atoms with Crippen LogP contribution >= 0.6 is 0 Å². The lowest BCUT2D eigenvalue weighted by atomic mass is 10.0. The van der Waals surface area contributed by atoms with Gasteiger partial charge in [-0.1, -0.05) is 13.8 Å². The van der Waals surface area contributed by atoms with Crippen molar-refractivity contribution in [2.45, 2.75) is 77.2 Å². The van der Waals surface area contributed by atoms with Crippen LogP contribution in [0.4, 0.5) is 0 Å². The van der Waals surface area contributed by atoms with Crippen molar-refractivity contribution in [3.05, 3.63) is 18.0 Å². The highest BCUT2D eigenvalue weighted by molar-refractivity contribution is 5.04. The van der Waals surface area contributed by atoms with Crippen LogP contribution in [0.1, 0.15) is 58.2 Å². The van der Waals surface area contributed by atoms with Crippen molar-refractivity contribution in [3.8, 4) is 0 Å². The van der Waals surface area contributed by atoms with Gasteiger partial charge < -0.3 is 4.74 Å². The van der Waals surface area contributed by atoms with Gasteiger partial charge in [0.2, 0.25) is 0 Å². The Labute approximate surface area is 121 Å². The molecule has 0 aliphatic carbocycles. The fraction of sp³-hybridized carbons (Fsp3) is 0.800. The molecule has 5 heteroatoms. The Balaban J connectivity index is 1.97. The van der Waals surface area contributed by atoms with E-state index in [2.05, 4.69) is 43.1 Å². The molecule has 0 bridgehead atoms. The zero-order chi connectivity index (χ0) is 14.5. The van der Waals surface area contributed by atoms with Crippen LogP contribution in [-0.4, -0.2) is 28.0 Å². The molecule has 0 saturated carbocycles. The predicted molar refractivity (Wildman–Crippen MR) is 80.2 cm³/mol. The van der Waals surface area contributed by atoms with Gasteiger partial charge in [0.15, 0.2) is 0 Å². The Hall–Kier alpha value is -0.910. The zero-order valence-corrected chi connectivity index (χ0v) is 12.9. The molecule has 0 radical (unpaired) electrons. The highest BCUT2D eigenvalue weighted by Gasteiger charge is 2.29. The largest absolute Gasteiger partial charge is 0.374 e. The quantitative estimate of drug-likeness (QED) is 0.593. The Morgan fingerprint density at radius 3 is 2.75 bits per heavy atom. The number of ether oxygens (including phenoxy) is 1. The highest BCUT2D eigenvalue weighted by Crippen LogP contribution is 2.23. The van der Waals surface area contributed by atoms with Crippen LogP contribution in [0.5, 0.6) is 0 Å². The van der Waals surface area contributed by atoms with Crippen LogP contribution < -0.4 is 11.3 Å². The number of hydrazine groups is 1. The standard InChI is InChI=1S/C15H28N4O/c1-4-13(5-2)19-9-8-12(18-19)10-14(17-16)15-7-6-11(3)20-15/h8-9,11,13-15,17H,4-7,10,16H2,1-3H3. The number of nitrogens with zero attached hydrogens (tertiary/aromatic N) is 2. The van der Waals surface area contributed by atoms with E-state index in [1.807, 2.05) is 0 Å². The first-order chi connectivity index (χ1) is 9.67. The topological polar surface area (TPSA) is 65.1 Å². The molecule has 2 heterocycles. The lowest BCUT2D eigenvalue weighted by Crippen LogP contribution is -2.45. The number of hydrogen-bond acceptors (Lipinski definition) is 4. The molecule has 0 spiro atoms. The maximum Gasteiger partial charge on any atom is 0.0749 e. The molecule has 0 amide bonds. The van der Waals surface area contributed by atoms with Gasteiger partial charge in [0.05, 0.1) is 30.0 Å². The molecule has 1 aromatic heterocycles. The average molecular weight is 280 g/mol. The monoisotopic (exact) mass is 280 g/mol. The van der Waals surface area contributed by atoms with Gasteiger partial charge in [0, 0.05) is 12.6 Å². The molecule has 1 aliphatic heterocycles. The second-order valence-corrected chi connectivity index (χ2v) is 5.80. The van der Waals surface area contributed by atoms with E-state index in [-0.39, 0.29) is 12.1 Å². The number of nitrogens with one attached hydrogen (secondary N) is 1. The third-order valence-corrected chi connectivity index (χ3v) is 4.34. The number of hydrogen-bond donors (Lipinski definition) is 2. The van der Waals surface area contributed by atoms with Gasteiger partial charge in [-0.25, -0.2) is 0 Å². The van der Waals surface area contributed by atoms with Crippen molar-refractivity contribution < 1.29 is 4.74 Å². The predicted octanol–water partition coefficient (Wildman–Crippen LogP) is 2.19. The fourth-order valence-corrected chi connectivity index (χ4v) is 3.00. The number of rotatable bonds is 7. The highest BCUT2D eigenvalue weighted by atomic mass is 16.5. The second-order valence-electron chi connectivity index (χ2n) is 5.80. The summed E-state index contributed by atoms with van der Waals surface area (Å²) in [4.78, 5) is 0. The summed E-state index contributed by atoms with van der Waals surface area (Å²) in [6, 6.07) is 2.74. The second kappa shape index (κ2) is 7.20. The summed E-state index contributed by atoms with van der Waals surface area (Å²) < 4.78 is 7.99. The number of nitrogens with two attached hydrogens (primary N) is 1. The summed E-state index contributed by atoms with van der Waals surface area (Å²) in [5.74, 6) is 5.70. The molecule has 1 fully saturated rings. The van der Waals surface area contributed by atoms with Gasteiger partial charge in [0.25, 0.3) is 0 Å². The summed E-state index contributed by atoms with van der Waals surface area (Å²) in [6.45, 7) is 6.52. The first kappa shape index (κ1) is 15.5. The van der Waals surface area contributed by atoms with E-state index < -0.39 is 0 Å². The lowest BCUT2D eigenvalue weighted by Gasteiger charge is -2.22. The summed E-state index contributed by atoms with van der Waals surface area (Å²) >= 11 is 0. The Morgan fingerprint density at radius 1 is 1.45 bits per heavy atom. The van der Waals surface area contributed by atoms with E-state index in [1.54, 1.807) is 0 Å². The summed E-state index contributed by atoms with van der Waals surface area (Å²) in [7, 11) is 0. The van der Waals surface area contributed by atoms with E-state index in [0.29, 0.717) is 12.1 Å². The SMILES string of the molecule is CCC(CC)n1ccc(CC(NN)C2CCC(C)O2)n1. The van der Waals surface area contributed by atoms with Crippen molar-refractivity contribution >= 4 is 0 Å². The molecule has 2 rings (SSSR count). The van der Waals surface area contributed by atoms with E-state index in [4.69, 9.17) is 15.7 Å². The zero-order valence-electron chi connectivity index (χ0n) is 12.9. The maximum absolute atomic E-state index is 5.91. The van der Waals surface area contributed by atoms with Gasteiger partial charge in [-0.3, -0.25) is 16.0 Å². The molecular weight excluding hydrogens is 252 g/mol. The fourth-order valence-electron chi connectivity index (χ4n) is 3.00.